The molecule has 4 nitrogen and oxygen atoms in total. The number of nitrogens with two attached hydrogens (primary N) is 1. The predicted molar refractivity (Wildman–Crippen MR) is 64.2 cm³/mol. The maximum atomic E-state index is 10.7. The normalized spacial score (nSPS) is 11.9. The van der Waals surface area contributed by atoms with Gasteiger partial charge in [0.05, 0.1) is 6.04 Å². The van der Waals surface area contributed by atoms with Crippen molar-refractivity contribution in [3.8, 4) is 0 Å². The maximum absolute atomic E-state index is 10.7. The van der Waals surface area contributed by atoms with Crippen LogP contribution in [0.25, 0.3) is 0 Å². The zero-order valence-corrected chi connectivity index (χ0v) is 10.4. The van der Waals surface area contributed by atoms with Crippen molar-refractivity contribution in [3.63, 3.8) is 0 Å². The number of carbonyl (C=O) groups is 3. The van der Waals surface area contributed by atoms with Crippen LogP contribution in [0.3, 0.4) is 0 Å². The van der Waals surface area contributed by atoms with Crippen LogP contribution in [0.4, 0.5) is 0 Å². The first-order chi connectivity index (χ1) is 7.77. The molecule has 0 fully saturated rings. The first-order valence-corrected chi connectivity index (χ1v) is 5.50. The molecule has 0 saturated heterocycles. The molecule has 16 heavy (non-hydrogen) atoms. The van der Waals surface area contributed by atoms with E-state index in [1.54, 1.807) is 6.92 Å². The van der Waals surface area contributed by atoms with Gasteiger partial charge in [-0.15, -0.1) is 0 Å². The van der Waals surface area contributed by atoms with Gasteiger partial charge >= 0.3 is 0 Å². The molecule has 94 valence electrons. The second-order valence-electron chi connectivity index (χ2n) is 3.72. The van der Waals surface area contributed by atoms with E-state index in [-0.39, 0.29) is 17.6 Å². The van der Waals surface area contributed by atoms with E-state index in [1.807, 2.05) is 0 Å². The lowest BCUT2D eigenvalue weighted by molar-refractivity contribution is -0.118. The fourth-order valence-corrected chi connectivity index (χ4v) is 1.12. The van der Waals surface area contributed by atoms with Gasteiger partial charge in [-0.05, 0) is 33.6 Å². The van der Waals surface area contributed by atoms with Crippen molar-refractivity contribution in [3.05, 3.63) is 0 Å². The molecule has 0 aliphatic heterocycles. The monoisotopic (exact) mass is 229 g/mol. The maximum Gasteiger partial charge on any atom is 0.146 e. The molecule has 0 aromatic heterocycles. The quantitative estimate of drug-likeness (QED) is 0.532. The number of carbonyl (C=O) groups excluding carboxylic acids is 3. The van der Waals surface area contributed by atoms with Gasteiger partial charge in [-0.3, -0.25) is 4.79 Å². The van der Waals surface area contributed by atoms with E-state index in [0.717, 1.165) is 25.7 Å². The molecule has 0 aliphatic rings. The van der Waals surface area contributed by atoms with Gasteiger partial charge in [-0.1, -0.05) is 12.8 Å². The summed E-state index contributed by atoms with van der Waals surface area (Å²) in [6, 6.07) is -0.308. The molecule has 2 N–H and O–H groups in total. The average Bonchev–Trinajstić information content (AvgIpc) is 2.15. The highest BCUT2D eigenvalue weighted by Crippen LogP contribution is 2.05. The third-order valence-electron chi connectivity index (χ3n) is 2.07. The van der Waals surface area contributed by atoms with Crippen LogP contribution in [-0.2, 0) is 14.4 Å². The highest BCUT2D eigenvalue weighted by atomic mass is 16.1. The Morgan fingerprint density at radius 2 is 1.81 bits per heavy atom. The third kappa shape index (κ3) is 15.4. The Hall–Kier alpha value is -1.03. The fourth-order valence-electron chi connectivity index (χ4n) is 1.12. The molecule has 4 heteroatoms. The Balaban J connectivity index is 0. The number of Topliss-reactive ketones (excluding diaryl/α,β-unsaturated/α-hetero) is 2. The van der Waals surface area contributed by atoms with Crippen molar-refractivity contribution < 1.29 is 15.8 Å². The van der Waals surface area contributed by atoms with E-state index in [2.05, 4.69) is 0 Å². The van der Waals surface area contributed by atoms with Crippen LogP contribution in [0.2, 0.25) is 0 Å². The summed E-state index contributed by atoms with van der Waals surface area (Å²) in [5.74, 6) is 0.280. The number of aldehydes is 1. The molecular weight excluding hydrogens is 206 g/mol. The molecule has 0 bridgehead atoms. The molecule has 0 radical (unpaired) electrons. The summed E-state index contributed by atoms with van der Waals surface area (Å²) in [7, 11) is 0. The molecule has 0 aromatic rings. The third-order valence-corrected chi connectivity index (χ3v) is 2.07. The van der Waals surface area contributed by atoms with E-state index in [0.29, 0.717) is 6.42 Å². The Labute approximate surface area is 99.0 Å². The topological polar surface area (TPSA) is 77.2 Å². The Morgan fingerprint density at radius 3 is 2.19 bits per heavy atom. The summed E-state index contributed by atoms with van der Waals surface area (Å²) in [5, 5.41) is 0. The molecule has 0 aromatic carbocycles. The van der Waals surface area contributed by atoms with Crippen LogP contribution < -0.4 is 5.73 Å². The number of ketones is 2. The molecule has 0 saturated carbocycles. The molecule has 1 atom stereocenters. The van der Waals surface area contributed by atoms with Crippen LogP contribution in [0, 0.1) is 0 Å². The standard InChI is InChI=1S/C10H19NO2.C2H4O/c1-8(12)6-4-3-5-7-10(11)9(2)13;1-2-3/h10H,3-7,11H2,1-2H3;2H,1H3/i;2H. The van der Waals surface area contributed by atoms with Crippen molar-refractivity contribution in [1.82, 2.24) is 0 Å². The van der Waals surface area contributed by atoms with Crippen molar-refractivity contribution in [1.29, 1.82) is 0 Å². The minimum absolute atomic E-state index is 0.0477. The van der Waals surface area contributed by atoms with Gasteiger partial charge in [0.2, 0.25) is 0 Å². The fraction of sp³-hybridized carbons (Fsp3) is 0.750. The zero-order valence-electron chi connectivity index (χ0n) is 11.4. The van der Waals surface area contributed by atoms with Gasteiger partial charge in [0.1, 0.15) is 19.2 Å². The minimum atomic E-state index is -0.583. The number of hydrogen-bond acceptors (Lipinski definition) is 4. The summed E-state index contributed by atoms with van der Waals surface area (Å²) >= 11 is 0. The lowest BCUT2D eigenvalue weighted by Gasteiger charge is -2.06. The van der Waals surface area contributed by atoms with E-state index in [9.17, 15) is 9.59 Å². The average molecular weight is 229 g/mol. The molecule has 1 unspecified atom stereocenters. The van der Waals surface area contributed by atoms with Gasteiger partial charge in [-0.2, -0.15) is 0 Å². The van der Waals surface area contributed by atoms with Crippen molar-refractivity contribution >= 4 is 17.8 Å². The molecule has 0 amide bonds. The van der Waals surface area contributed by atoms with Crippen molar-refractivity contribution in [2.45, 2.75) is 58.9 Å². The zero-order chi connectivity index (χ0) is 13.8. The molecule has 0 heterocycles. The molecule has 0 rings (SSSR count). The van der Waals surface area contributed by atoms with Gasteiger partial charge in [0, 0.05) is 6.42 Å². The van der Waals surface area contributed by atoms with E-state index < -0.39 is 6.26 Å². The lowest BCUT2D eigenvalue weighted by Crippen LogP contribution is -2.27. The number of hydrogen-bond donors (Lipinski definition) is 1. The van der Waals surface area contributed by atoms with E-state index >= 15 is 0 Å². The Bertz CT molecular complexity index is 250. The van der Waals surface area contributed by atoms with Crippen molar-refractivity contribution in [2.24, 2.45) is 5.73 Å². The number of unbranched alkanes of at least 4 members (excludes halogenated alkanes) is 2. The summed E-state index contributed by atoms with van der Waals surface area (Å²) in [4.78, 5) is 30.4. The Morgan fingerprint density at radius 1 is 1.31 bits per heavy atom. The number of rotatable bonds is 7. The molecule has 0 aliphatic carbocycles. The van der Waals surface area contributed by atoms with E-state index in [4.69, 9.17) is 11.9 Å². The van der Waals surface area contributed by atoms with Crippen LogP contribution >= 0.6 is 0 Å². The van der Waals surface area contributed by atoms with E-state index in [1.165, 1.54) is 13.8 Å². The van der Waals surface area contributed by atoms with Gasteiger partial charge in [0.15, 0.2) is 0 Å². The van der Waals surface area contributed by atoms with Crippen LogP contribution in [0.15, 0.2) is 0 Å². The summed E-state index contributed by atoms with van der Waals surface area (Å²) in [5.41, 5.74) is 5.54. The van der Waals surface area contributed by atoms with Gasteiger partial charge in [-0.25, -0.2) is 0 Å². The summed E-state index contributed by atoms with van der Waals surface area (Å²) < 4.78 is 5.94. The highest BCUT2D eigenvalue weighted by molar-refractivity contribution is 5.81. The van der Waals surface area contributed by atoms with Crippen molar-refractivity contribution in [2.75, 3.05) is 0 Å². The van der Waals surface area contributed by atoms with Crippen LogP contribution in [0.1, 0.15) is 54.2 Å². The Kier molecular flexibility index (Phi) is 11.3. The molecule has 0 spiro atoms. The highest BCUT2D eigenvalue weighted by Gasteiger charge is 2.06. The summed E-state index contributed by atoms with van der Waals surface area (Å²) in [6.07, 6.45) is 3.65. The second kappa shape index (κ2) is 12.0. The SMILES string of the molecule is CC(=O)CCCCCC(N)C(C)=O.[1H]C(C)=O. The predicted octanol–water partition coefficient (Wildman–Crippen LogP) is 1.65. The van der Waals surface area contributed by atoms with Crippen LogP contribution in [-0.4, -0.2) is 23.9 Å². The second-order valence-corrected chi connectivity index (χ2v) is 3.72. The minimum Gasteiger partial charge on any atom is -0.322 e. The lowest BCUT2D eigenvalue weighted by atomic mass is 10.0. The van der Waals surface area contributed by atoms with Crippen LogP contribution in [0.5, 0.6) is 0 Å². The van der Waals surface area contributed by atoms with Gasteiger partial charge in [0.25, 0.3) is 0 Å². The summed E-state index contributed by atoms with van der Waals surface area (Å²) in [6.45, 7) is 4.31. The largest absolute Gasteiger partial charge is 0.322 e. The smallest absolute Gasteiger partial charge is 0.146 e. The van der Waals surface area contributed by atoms with Gasteiger partial charge < -0.3 is 15.3 Å². The first-order valence-electron chi connectivity index (χ1n) is 6.00. The first kappa shape index (κ1) is 15.0. The molecular formula is C12H23NO3.